The quantitative estimate of drug-likeness (QED) is 0.634. The third-order valence-corrected chi connectivity index (χ3v) is 2.32. The molecule has 0 amide bonds. The van der Waals surface area contributed by atoms with Crippen LogP contribution in [-0.4, -0.2) is 18.7 Å². The standard InChI is InChI=1S/C9H10N4O2/c1-4-13-8(14)6-7(11(2)5-10-6)12(3)9(13)15/h4-5H,1H2,2-3H3. The molecule has 15 heavy (non-hydrogen) atoms. The lowest BCUT2D eigenvalue weighted by Crippen LogP contribution is -2.36. The van der Waals surface area contributed by atoms with Crippen molar-refractivity contribution in [1.82, 2.24) is 18.7 Å². The van der Waals surface area contributed by atoms with Crippen molar-refractivity contribution in [1.29, 1.82) is 0 Å². The molecule has 0 N–H and O–H groups in total. The molecular weight excluding hydrogens is 196 g/mol. The Hall–Kier alpha value is -2.11. The van der Waals surface area contributed by atoms with Gasteiger partial charge < -0.3 is 4.57 Å². The van der Waals surface area contributed by atoms with Gasteiger partial charge in [-0.25, -0.2) is 14.3 Å². The Labute approximate surface area is 84.7 Å². The Kier molecular flexibility index (Phi) is 1.85. The van der Waals surface area contributed by atoms with Crippen molar-refractivity contribution < 1.29 is 0 Å². The summed E-state index contributed by atoms with van der Waals surface area (Å²) in [5, 5.41) is 0. The number of hydrogen-bond acceptors (Lipinski definition) is 3. The summed E-state index contributed by atoms with van der Waals surface area (Å²) in [5.41, 5.74) is -0.0996. The molecule has 0 aliphatic rings. The zero-order valence-corrected chi connectivity index (χ0v) is 8.47. The van der Waals surface area contributed by atoms with Crippen molar-refractivity contribution in [3.05, 3.63) is 33.7 Å². The zero-order valence-electron chi connectivity index (χ0n) is 8.47. The summed E-state index contributed by atoms with van der Waals surface area (Å²) in [6.07, 6.45) is 2.69. The topological polar surface area (TPSA) is 61.8 Å². The Balaban J connectivity index is 3.19. The van der Waals surface area contributed by atoms with E-state index in [0.29, 0.717) is 5.65 Å². The number of nitrogens with zero attached hydrogens (tertiary/aromatic N) is 4. The van der Waals surface area contributed by atoms with E-state index >= 15 is 0 Å². The van der Waals surface area contributed by atoms with Gasteiger partial charge in [-0.05, 0) is 0 Å². The third kappa shape index (κ3) is 1.08. The molecule has 2 aromatic rings. The van der Waals surface area contributed by atoms with Crippen LogP contribution in [0.3, 0.4) is 0 Å². The van der Waals surface area contributed by atoms with Gasteiger partial charge in [-0.1, -0.05) is 6.58 Å². The van der Waals surface area contributed by atoms with Gasteiger partial charge in [-0.3, -0.25) is 9.36 Å². The second-order valence-electron chi connectivity index (χ2n) is 3.23. The molecule has 78 valence electrons. The molecule has 0 saturated carbocycles. The molecule has 2 heterocycles. The molecule has 0 spiro atoms. The maximum Gasteiger partial charge on any atom is 0.336 e. The second-order valence-corrected chi connectivity index (χ2v) is 3.23. The Morgan fingerprint density at radius 2 is 2.07 bits per heavy atom. The normalized spacial score (nSPS) is 10.8. The minimum atomic E-state index is -0.441. The van der Waals surface area contributed by atoms with Crippen molar-refractivity contribution in [3.63, 3.8) is 0 Å². The Morgan fingerprint density at radius 1 is 1.40 bits per heavy atom. The van der Waals surface area contributed by atoms with Gasteiger partial charge in [0.15, 0.2) is 5.52 Å². The number of imidazole rings is 1. The largest absolute Gasteiger partial charge is 0.336 e. The number of hydrogen-bond donors (Lipinski definition) is 0. The molecule has 0 saturated heterocycles. The van der Waals surface area contributed by atoms with Crippen LogP contribution in [0.4, 0.5) is 0 Å². The van der Waals surface area contributed by atoms with Crippen molar-refractivity contribution in [2.24, 2.45) is 14.1 Å². The molecule has 0 fully saturated rings. The first-order chi connectivity index (χ1) is 7.07. The average molecular weight is 206 g/mol. The van der Waals surface area contributed by atoms with Crippen LogP contribution >= 0.6 is 0 Å². The number of aromatic nitrogens is 4. The van der Waals surface area contributed by atoms with E-state index in [-0.39, 0.29) is 5.52 Å². The van der Waals surface area contributed by atoms with Gasteiger partial charge in [-0.2, -0.15) is 0 Å². The highest BCUT2D eigenvalue weighted by Crippen LogP contribution is 2.02. The van der Waals surface area contributed by atoms with Gasteiger partial charge in [0.1, 0.15) is 5.65 Å². The molecule has 0 aliphatic heterocycles. The summed E-state index contributed by atoms with van der Waals surface area (Å²) in [5.74, 6) is 0. The van der Waals surface area contributed by atoms with Crippen LogP contribution in [0.25, 0.3) is 17.4 Å². The molecule has 6 nitrogen and oxygen atoms in total. The fraction of sp³-hybridized carbons (Fsp3) is 0.222. The molecule has 0 unspecified atom stereocenters. The van der Waals surface area contributed by atoms with Crippen molar-refractivity contribution >= 4 is 17.4 Å². The van der Waals surface area contributed by atoms with Crippen molar-refractivity contribution in [2.75, 3.05) is 0 Å². The Bertz CT molecular complexity index is 659. The fourth-order valence-electron chi connectivity index (χ4n) is 1.58. The van der Waals surface area contributed by atoms with E-state index in [1.54, 1.807) is 18.7 Å². The lowest BCUT2D eigenvalue weighted by molar-refractivity contribution is 0.762. The number of fused-ring (bicyclic) bond motifs is 1. The van der Waals surface area contributed by atoms with Crippen molar-refractivity contribution in [2.45, 2.75) is 0 Å². The molecule has 0 aliphatic carbocycles. The minimum absolute atomic E-state index is 0.263. The van der Waals surface area contributed by atoms with Gasteiger partial charge in [0.2, 0.25) is 0 Å². The number of rotatable bonds is 1. The lowest BCUT2D eigenvalue weighted by atomic mass is 10.5. The van der Waals surface area contributed by atoms with E-state index in [2.05, 4.69) is 11.6 Å². The molecule has 0 bridgehead atoms. The van der Waals surface area contributed by atoms with Crippen LogP contribution in [0.1, 0.15) is 0 Å². The highest BCUT2D eigenvalue weighted by atomic mass is 16.2. The summed E-state index contributed by atoms with van der Waals surface area (Å²) >= 11 is 0. The summed E-state index contributed by atoms with van der Waals surface area (Å²) in [4.78, 5) is 27.4. The maximum atomic E-state index is 11.7. The van der Waals surface area contributed by atoms with Crippen LogP contribution in [-0.2, 0) is 14.1 Å². The van der Waals surface area contributed by atoms with Crippen LogP contribution in [0.2, 0.25) is 0 Å². The van der Waals surface area contributed by atoms with Gasteiger partial charge in [0.05, 0.1) is 6.33 Å². The predicted octanol–water partition coefficient (Wildman–Crippen LogP) is -0.466. The second kappa shape index (κ2) is 2.94. The number of aryl methyl sites for hydroxylation is 2. The lowest BCUT2D eigenvalue weighted by Gasteiger charge is -2.04. The van der Waals surface area contributed by atoms with Gasteiger partial charge in [0, 0.05) is 20.3 Å². The first kappa shape index (κ1) is 9.45. The average Bonchev–Trinajstić information content (AvgIpc) is 2.58. The predicted molar refractivity (Wildman–Crippen MR) is 56.6 cm³/mol. The summed E-state index contributed by atoms with van der Waals surface area (Å²) in [7, 11) is 3.32. The van der Waals surface area contributed by atoms with E-state index < -0.39 is 11.2 Å². The van der Waals surface area contributed by atoms with E-state index in [9.17, 15) is 9.59 Å². The molecule has 2 aromatic heterocycles. The van der Waals surface area contributed by atoms with Crippen LogP contribution in [0.5, 0.6) is 0 Å². The third-order valence-electron chi connectivity index (χ3n) is 2.32. The first-order valence-corrected chi connectivity index (χ1v) is 4.33. The van der Waals surface area contributed by atoms with Crippen LogP contribution < -0.4 is 11.2 Å². The molecule has 0 radical (unpaired) electrons. The molecule has 2 rings (SSSR count). The first-order valence-electron chi connectivity index (χ1n) is 4.33. The molecule has 0 aromatic carbocycles. The summed E-state index contributed by atoms with van der Waals surface area (Å²) < 4.78 is 3.94. The Morgan fingerprint density at radius 3 is 2.67 bits per heavy atom. The van der Waals surface area contributed by atoms with E-state index in [4.69, 9.17) is 0 Å². The zero-order chi connectivity index (χ0) is 11.2. The molecule has 0 atom stereocenters. The monoisotopic (exact) mass is 206 g/mol. The van der Waals surface area contributed by atoms with Crippen molar-refractivity contribution in [3.8, 4) is 0 Å². The van der Waals surface area contributed by atoms with E-state index in [1.807, 2.05) is 0 Å². The summed E-state index contributed by atoms with van der Waals surface area (Å²) in [6, 6.07) is 0. The van der Waals surface area contributed by atoms with Crippen LogP contribution in [0, 0.1) is 0 Å². The van der Waals surface area contributed by atoms with Gasteiger partial charge in [-0.15, -0.1) is 0 Å². The summed E-state index contributed by atoms with van der Waals surface area (Å²) in [6.45, 7) is 3.42. The van der Waals surface area contributed by atoms with E-state index in [0.717, 1.165) is 4.57 Å². The highest BCUT2D eigenvalue weighted by Gasteiger charge is 2.12. The molecular formula is C9H10N4O2. The minimum Gasteiger partial charge on any atom is -0.320 e. The fourth-order valence-corrected chi connectivity index (χ4v) is 1.58. The molecule has 6 heteroatoms. The SMILES string of the molecule is C=Cn1c(=O)c2ncn(C)c2n(C)c1=O. The smallest absolute Gasteiger partial charge is 0.320 e. The van der Waals surface area contributed by atoms with E-state index in [1.165, 1.54) is 17.1 Å². The maximum absolute atomic E-state index is 11.7. The van der Waals surface area contributed by atoms with Crippen LogP contribution in [0.15, 0.2) is 22.5 Å². The highest BCUT2D eigenvalue weighted by molar-refractivity contribution is 5.70. The van der Waals surface area contributed by atoms with Gasteiger partial charge in [0.25, 0.3) is 5.56 Å². The van der Waals surface area contributed by atoms with Gasteiger partial charge >= 0.3 is 5.69 Å².